The fraction of sp³-hybridized carbons (Fsp3) is 0.552. The Kier molecular flexibility index (Phi) is 7.54. The Hall–Kier alpha value is -3.02. The largest absolute Gasteiger partial charge is 0.396 e. The first kappa shape index (κ1) is 27.2. The maximum Gasteiger partial charge on any atom is 0.227 e. The number of aromatic nitrogens is 3. The number of hydrogen-bond donors (Lipinski definition) is 2. The lowest BCUT2D eigenvalue weighted by atomic mass is 9.88. The zero-order valence-electron chi connectivity index (χ0n) is 23.2. The van der Waals surface area contributed by atoms with Gasteiger partial charge in [0.15, 0.2) is 0 Å². The van der Waals surface area contributed by atoms with Crippen molar-refractivity contribution < 1.29 is 18.3 Å². The highest BCUT2D eigenvalue weighted by atomic mass is 32.2. The van der Waals surface area contributed by atoms with Crippen molar-refractivity contribution in [3.05, 3.63) is 42.2 Å². The van der Waals surface area contributed by atoms with Gasteiger partial charge < -0.3 is 25.0 Å². The van der Waals surface area contributed by atoms with E-state index < -0.39 is 9.84 Å². The van der Waals surface area contributed by atoms with Crippen LogP contribution < -0.4 is 15.1 Å². The number of ether oxygens (including phenoxy) is 1. The van der Waals surface area contributed by atoms with Gasteiger partial charge in [0.1, 0.15) is 21.5 Å². The Balaban J connectivity index is 1.21. The predicted molar refractivity (Wildman–Crippen MR) is 157 cm³/mol. The molecule has 0 saturated carbocycles. The summed E-state index contributed by atoms with van der Waals surface area (Å²) in [6, 6.07) is 7.99. The summed E-state index contributed by atoms with van der Waals surface area (Å²) in [5, 5.41) is 15.3. The number of pyridine rings is 1. The number of fused-ring (bicyclic) bond motifs is 1. The minimum Gasteiger partial charge on any atom is -0.396 e. The zero-order chi connectivity index (χ0) is 27.9. The number of piperidine rings is 1. The van der Waals surface area contributed by atoms with E-state index in [9.17, 15) is 13.5 Å². The van der Waals surface area contributed by atoms with Crippen LogP contribution in [-0.2, 0) is 14.6 Å². The van der Waals surface area contributed by atoms with Crippen molar-refractivity contribution >= 4 is 43.9 Å². The molecule has 3 aliphatic rings. The number of nitrogens with zero attached hydrogens (tertiary/aromatic N) is 5. The fourth-order valence-electron chi connectivity index (χ4n) is 6.22. The average molecular weight is 567 g/mol. The van der Waals surface area contributed by atoms with Crippen LogP contribution in [0, 0.1) is 11.8 Å². The van der Waals surface area contributed by atoms with Crippen molar-refractivity contribution in [3.8, 4) is 0 Å². The fourth-order valence-corrected chi connectivity index (χ4v) is 7.28. The van der Waals surface area contributed by atoms with Crippen LogP contribution in [0.4, 0.5) is 23.3 Å². The van der Waals surface area contributed by atoms with Gasteiger partial charge in [0, 0.05) is 81.0 Å². The van der Waals surface area contributed by atoms with Crippen LogP contribution in [0.3, 0.4) is 0 Å². The van der Waals surface area contributed by atoms with Gasteiger partial charge in [-0.2, -0.15) is 4.98 Å². The molecule has 10 nitrogen and oxygen atoms in total. The SMILES string of the molecule is C[C@@H](CO)c1ccc(N2CC(CS(C)(=O)=O)C2)c2cnc(Nc3ccnc(N4CCC(C5CCO5)CC4)n3)cc12. The third kappa shape index (κ3) is 5.73. The topological polar surface area (TPSA) is 121 Å². The minimum atomic E-state index is -3.00. The van der Waals surface area contributed by atoms with Crippen LogP contribution in [0.15, 0.2) is 36.7 Å². The van der Waals surface area contributed by atoms with E-state index in [1.807, 2.05) is 25.3 Å². The van der Waals surface area contributed by atoms with Gasteiger partial charge in [-0.1, -0.05) is 13.0 Å². The van der Waals surface area contributed by atoms with E-state index >= 15 is 0 Å². The maximum absolute atomic E-state index is 11.7. The van der Waals surface area contributed by atoms with E-state index in [-0.39, 0.29) is 24.2 Å². The van der Waals surface area contributed by atoms with Crippen LogP contribution in [0.25, 0.3) is 10.8 Å². The quantitative estimate of drug-likeness (QED) is 0.399. The lowest BCUT2D eigenvalue weighted by molar-refractivity contribution is -0.0894. The van der Waals surface area contributed by atoms with Gasteiger partial charge in [-0.05, 0) is 54.3 Å². The smallest absolute Gasteiger partial charge is 0.227 e. The summed E-state index contributed by atoms with van der Waals surface area (Å²) in [5.74, 6) is 3.01. The molecule has 3 saturated heterocycles. The number of aliphatic hydroxyl groups excluding tert-OH is 1. The summed E-state index contributed by atoms with van der Waals surface area (Å²) in [6.07, 6.45) is 8.74. The molecule has 214 valence electrons. The first-order valence-electron chi connectivity index (χ1n) is 14.2. The van der Waals surface area contributed by atoms with Crippen molar-refractivity contribution in [2.24, 2.45) is 11.8 Å². The molecule has 3 aromatic rings. The number of sulfone groups is 1. The predicted octanol–water partition coefficient (Wildman–Crippen LogP) is 3.35. The third-order valence-electron chi connectivity index (χ3n) is 8.53. The van der Waals surface area contributed by atoms with E-state index in [0.29, 0.717) is 36.7 Å². The van der Waals surface area contributed by atoms with Gasteiger partial charge in [0.25, 0.3) is 0 Å². The van der Waals surface area contributed by atoms with Gasteiger partial charge >= 0.3 is 0 Å². The number of benzene rings is 1. The molecular formula is C29H38N6O4S. The summed E-state index contributed by atoms with van der Waals surface area (Å²) >= 11 is 0. The Morgan fingerprint density at radius 3 is 2.52 bits per heavy atom. The molecule has 3 fully saturated rings. The molecule has 5 heterocycles. The molecule has 0 bridgehead atoms. The van der Waals surface area contributed by atoms with Crippen molar-refractivity contribution in [1.29, 1.82) is 0 Å². The highest BCUT2D eigenvalue weighted by Gasteiger charge is 2.32. The van der Waals surface area contributed by atoms with Crippen LogP contribution >= 0.6 is 0 Å². The van der Waals surface area contributed by atoms with E-state index in [2.05, 4.69) is 32.2 Å². The number of rotatable bonds is 9. The molecule has 2 N–H and O–H groups in total. The molecule has 0 amide bonds. The second-order valence-electron chi connectivity index (χ2n) is 11.6. The molecule has 6 rings (SSSR count). The second kappa shape index (κ2) is 11.1. The van der Waals surface area contributed by atoms with Gasteiger partial charge in [-0.25, -0.2) is 18.4 Å². The van der Waals surface area contributed by atoms with Gasteiger partial charge in [0.2, 0.25) is 5.95 Å². The minimum absolute atomic E-state index is 0.0402. The van der Waals surface area contributed by atoms with Gasteiger partial charge in [-0.15, -0.1) is 0 Å². The van der Waals surface area contributed by atoms with Crippen LogP contribution in [0.1, 0.15) is 37.7 Å². The summed E-state index contributed by atoms with van der Waals surface area (Å²) in [6.45, 7) is 6.20. The molecular weight excluding hydrogens is 528 g/mol. The van der Waals surface area contributed by atoms with Crippen LogP contribution in [0.2, 0.25) is 0 Å². The maximum atomic E-state index is 11.7. The second-order valence-corrected chi connectivity index (χ2v) is 13.8. The molecule has 0 aliphatic carbocycles. The Bertz CT molecular complexity index is 1470. The Morgan fingerprint density at radius 1 is 1.07 bits per heavy atom. The van der Waals surface area contributed by atoms with Gasteiger partial charge in [0.05, 0.1) is 11.9 Å². The molecule has 2 atom stereocenters. The number of hydrogen-bond acceptors (Lipinski definition) is 10. The molecule has 0 radical (unpaired) electrons. The lowest BCUT2D eigenvalue weighted by Gasteiger charge is -2.41. The average Bonchev–Trinajstić information content (AvgIpc) is 2.89. The standard InChI is InChI=1S/C29H38N6O4S/c1-19(17-36)22-3-4-25(35-15-20(16-35)18-40(2,37)38)24-14-31-28(13-23(22)24)32-27-5-9-30-29(33-27)34-10-6-21(7-11-34)26-8-12-39-26/h3-5,9,13-14,19-21,26,36H,6-8,10-12,15-18H2,1-2H3,(H,30,31,32,33)/t19-,26?/m0/s1. The molecule has 40 heavy (non-hydrogen) atoms. The van der Waals surface area contributed by atoms with Crippen molar-refractivity contribution in [2.45, 2.75) is 38.2 Å². The van der Waals surface area contributed by atoms with Crippen molar-refractivity contribution in [3.63, 3.8) is 0 Å². The Labute approximate surface area is 235 Å². The molecule has 2 aromatic heterocycles. The summed E-state index contributed by atoms with van der Waals surface area (Å²) in [4.78, 5) is 18.5. The van der Waals surface area contributed by atoms with Crippen molar-refractivity contribution in [2.75, 3.05) is 66.5 Å². The first-order chi connectivity index (χ1) is 19.3. The van der Waals surface area contributed by atoms with E-state index in [1.54, 1.807) is 6.20 Å². The molecule has 0 spiro atoms. The number of nitrogens with one attached hydrogen (secondary N) is 1. The zero-order valence-corrected chi connectivity index (χ0v) is 24.0. The number of aliphatic hydroxyl groups is 1. The summed E-state index contributed by atoms with van der Waals surface area (Å²) in [7, 11) is -3.00. The summed E-state index contributed by atoms with van der Waals surface area (Å²) in [5.41, 5.74) is 2.08. The lowest BCUT2D eigenvalue weighted by Crippen LogP contribution is -2.49. The third-order valence-corrected chi connectivity index (χ3v) is 9.61. The first-order valence-corrected chi connectivity index (χ1v) is 16.3. The molecule has 1 aromatic carbocycles. The van der Waals surface area contributed by atoms with Crippen LogP contribution in [-0.4, -0.2) is 86.0 Å². The highest BCUT2D eigenvalue weighted by molar-refractivity contribution is 7.90. The highest BCUT2D eigenvalue weighted by Crippen LogP contribution is 2.37. The van der Waals surface area contributed by atoms with Gasteiger partial charge in [-0.3, -0.25) is 0 Å². The van der Waals surface area contributed by atoms with Crippen molar-refractivity contribution in [1.82, 2.24) is 15.0 Å². The molecule has 3 aliphatic heterocycles. The summed E-state index contributed by atoms with van der Waals surface area (Å²) < 4.78 is 29.1. The Morgan fingerprint density at radius 2 is 1.85 bits per heavy atom. The molecule has 11 heteroatoms. The van der Waals surface area contributed by atoms with Crippen LogP contribution in [0.5, 0.6) is 0 Å². The van der Waals surface area contributed by atoms with E-state index in [1.165, 1.54) is 12.7 Å². The van der Waals surface area contributed by atoms with E-state index in [0.717, 1.165) is 60.5 Å². The monoisotopic (exact) mass is 566 g/mol. The molecule has 1 unspecified atom stereocenters. The number of anilines is 4. The van der Waals surface area contributed by atoms with E-state index in [4.69, 9.17) is 14.7 Å². The normalized spacial score (nSPS) is 21.2.